The molecule has 22 heavy (non-hydrogen) atoms. The molecule has 0 fully saturated rings. The van der Waals surface area contributed by atoms with Gasteiger partial charge in [-0.05, 0) is 29.8 Å². The van der Waals surface area contributed by atoms with Crippen molar-refractivity contribution in [2.24, 2.45) is 0 Å². The first-order valence-corrected chi connectivity index (χ1v) is 8.54. The fraction of sp³-hybridized carbons (Fsp3) is 0.312. The van der Waals surface area contributed by atoms with Gasteiger partial charge in [0.1, 0.15) is 0 Å². The molecule has 6 heteroatoms. The molecule has 2 amide bonds. The van der Waals surface area contributed by atoms with E-state index in [9.17, 15) is 4.79 Å². The van der Waals surface area contributed by atoms with Gasteiger partial charge in [-0.1, -0.05) is 28.1 Å². The first-order valence-electron chi connectivity index (χ1n) is 7.21. The van der Waals surface area contributed by atoms with Crippen LogP contribution < -0.4 is 5.32 Å². The number of carbonyl (C=O) groups is 1. The standard InChI is InChI=1S/C16H17BrClN3O/c17-13-5-3-12(4-6-13)15-14-2-1-9-20(14)10-11-21(15)16(22)19-8-7-18/h1-6,9,15H,7-8,10-11H2,(H,19,22)/t15-/m1/s1. The van der Waals surface area contributed by atoms with Crippen molar-refractivity contribution in [2.45, 2.75) is 12.6 Å². The van der Waals surface area contributed by atoms with Gasteiger partial charge in [0.05, 0.1) is 6.04 Å². The molecule has 1 N–H and O–H groups in total. The highest BCUT2D eigenvalue weighted by Crippen LogP contribution is 2.32. The molecule has 0 saturated heterocycles. The van der Waals surface area contributed by atoms with Gasteiger partial charge in [0.2, 0.25) is 0 Å². The summed E-state index contributed by atoms with van der Waals surface area (Å²) in [6.45, 7) is 1.96. The zero-order chi connectivity index (χ0) is 15.5. The number of halogens is 2. The summed E-state index contributed by atoms with van der Waals surface area (Å²) < 4.78 is 3.23. The Bertz CT molecular complexity index is 656. The summed E-state index contributed by atoms with van der Waals surface area (Å²) in [6.07, 6.45) is 2.06. The topological polar surface area (TPSA) is 37.3 Å². The summed E-state index contributed by atoms with van der Waals surface area (Å²) in [5.74, 6) is 0.416. The molecule has 1 aliphatic rings. The fourth-order valence-electron chi connectivity index (χ4n) is 2.85. The van der Waals surface area contributed by atoms with Crippen LogP contribution in [-0.4, -0.2) is 34.5 Å². The second-order valence-corrected chi connectivity index (χ2v) is 6.49. The Labute approximate surface area is 143 Å². The van der Waals surface area contributed by atoms with E-state index in [4.69, 9.17) is 11.6 Å². The molecule has 4 nitrogen and oxygen atoms in total. The first-order chi connectivity index (χ1) is 10.7. The third-order valence-corrected chi connectivity index (χ3v) is 4.57. The van der Waals surface area contributed by atoms with Crippen LogP contribution in [0.2, 0.25) is 0 Å². The number of nitrogens with zero attached hydrogens (tertiary/aromatic N) is 2. The van der Waals surface area contributed by atoms with Gasteiger partial charge in [0, 0.05) is 41.9 Å². The lowest BCUT2D eigenvalue weighted by Gasteiger charge is -2.37. The molecule has 1 aliphatic heterocycles. The van der Waals surface area contributed by atoms with E-state index in [1.165, 1.54) is 0 Å². The molecule has 0 unspecified atom stereocenters. The number of carbonyl (C=O) groups excluding carboxylic acids is 1. The summed E-state index contributed by atoms with van der Waals surface area (Å²) >= 11 is 9.14. The highest BCUT2D eigenvalue weighted by atomic mass is 79.9. The quantitative estimate of drug-likeness (QED) is 0.809. The number of hydrogen-bond acceptors (Lipinski definition) is 1. The molecule has 2 heterocycles. The molecule has 0 saturated carbocycles. The van der Waals surface area contributed by atoms with Crippen LogP contribution in [-0.2, 0) is 6.54 Å². The van der Waals surface area contributed by atoms with Crippen LogP contribution in [0.5, 0.6) is 0 Å². The van der Waals surface area contributed by atoms with E-state index in [1.54, 1.807) is 0 Å². The van der Waals surface area contributed by atoms with E-state index in [0.29, 0.717) is 19.0 Å². The maximum absolute atomic E-state index is 12.5. The first kappa shape index (κ1) is 15.4. The molecule has 0 aliphatic carbocycles. The lowest BCUT2D eigenvalue weighted by atomic mass is 10.0. The van der Waals surface area contributed by atoms with E-state index >= 15 is 0 Å². The van der Waals surface area contributed by atoms with E-state index < -0.39 is 0 Å². The van der Waals surface area contributed by atoms with Crippen molar-refractivity contribution in [2.75, 3.05) is 19.0 Å². The normalized spacial score (nSPS) is 17.2. The second-order valence-electron chi connectivity index (χ2n) is 5.19. The number of fused-ring (bicyclic) bond motifs is 1. The molecule has 2 aromatic rings. The Hall–Kier alpha value is -1.46. The maximum atomic E-state index is 12.5. The van der Waals surface area contributed by atoms with Crippen LogP contribution in [0.3, 0.4) is 0 Å². The van der Waals surface area contributed by atoms with Gasteiger partial charge in [-0.2, -0.15) is 0 Å². The van der Waals surface area contributed by atoms with Crippen molar-refractivity contribution in [3.8, 4) is 0 Å². The minimum Gasteiger partial charge on any atom is -0.348 e. The van der Waals surface area contributed by atoms with Gasteiger partial charge in [0.15, 0.2) is 0 Å². The number of aromatic nitrogens is 1. The van der Waals surface area contributed by atoms with Gasteiger partial charge in [-0.3, -0.25) is 0 Å². The second kappa shape index (κ2) is 6.75. The molecule has 1 aromatic heterocycles. The van der Waals surface area contributed by atoms with Gasteiger partial charge < -0.3 is 14.8 Å². The van der Waals surface area contributed by atoms with Crippen molar-refractivity contribution >= 4 is 33.6 Å². The van der Waals surface area contributed by atoms with Gasteiger partial charge in [-0.25, -0.2) is 4.79 Å². The number of amides is 2. The number of urea groups is 1. The smallest absolute Gasteiger partial charge is 0.318 e. The molecule has 0 bridgehead atoms. The third-order valence-electron chi connectivity index (χ3n) is 3.86. The number of alkyl halides is 1. The molecule has 0 spiro atoms. The molecular formula is C16H17BrClN3O. The lowest BCUT2D eigenvalue weighted by molar-refractivity contribution is 0.169. The summed E-state index contributed by atoms with van der Waals surface area (Å²) in [6, 6.07) is 12.1. The monoisotopic (exact) mass is 381 g/mol. The third kappa shape index (κ3) is 3.01. The van der Waals surface area contributed by atoms with Crippen LogP contribution in [0.15, 0.2) is 47.1 Å². The van der Waals surface area contributed by atoms with Crippen LogP contribution in [0.25, 0.3) is 0 Å². The molecule has 3 rings (SSSR count). The highest BCUT2D eigenvalue weighted by molar-refractivity contribution is 9.10. The summed E-state index contributed by atoms with van der Waals surface area (Å²) in [4.78, 5) is 14.4. The van der Waals surface area contributed by atoms with Gasteiger partial charge >= 0.3 is 6.03 Å². The van der Waals surface area contributed by atoms with E-state index in [1.807, 2.05) is 23.1 Å². The average Bonchev–Trinajstić information content (AvgIpc) is 3.01. The predicted molar refractivity (Wildman–Crippen MR) is 91.2 cm³/mol. The Kier molecular flexibility index (Phi) is 4.74. The molecule has 1 aromatic carbocycles. The molecule has 1 atom stereocenters. The van der Waals surface area contributed by atoms with Crippen molar-refractivity contribution in [3.63, 3.8) is 0 Å². The number of benzene rings is 1. The van der Waals surface area contributed by atoms with Crippen LogP contribution in [0.1, 0.15) is 17.3 Å². The van der Waals surface area contributed by atoms with Crippen LogP contribution in [0.4, 0.5) is 4.79 Å². The van der Waals surface area contributed by atoms with Crippen molar-refractivity contribution in [1.82, 2.24) is 14.8 Å². The van der Waals surface area contributed by atoms with Gasteiger partial charge in [0.25, 0.3) is 0 Å². The number of rotatable bonds is 3. The maximum Gasteiger partial charge on any atom is 0.318 e. The molecular weight excluding hydrogens is 366 g/mol. The predicted octanol–water partition coefficient (Wildman–Crippen LogP) is 3.60. The molecule has 116 valence electrons. The molecule has 0 radical (unpaired) electrons. The zero-order valence-electron chi connectivity index (χ0n) is 12.0. The summed E-state index contributed by atoms with van der Waals surface area (Å²) in [7, 11) is 0. The highest BCUT2D eigenvalue weighted by Gasteiger charge is 2.31. The summed E-state index contributed by atoms with van der Waals surface area (Å²) in [5, 5.41) is 2.87. The number of nitrogens with one attached hydrogen (secondary N) is 1. The Balaban J connectivity index is 1.95. The Morgan fingerprint density at radius 2 is 2.05 bits per heavy atom. The largest absolute Gasteiger partial charge is 0.348 e. The van der Waals surface area contributed by atoms with Crippen LogP contribution >= 0.6 is 27.5 Å². The van der Waals surface area contributed by atoms with Crippen molar-refractivity contribution in [1.29, 1.82) is 0 Å². The minimum atomic E-state index is -0.0767. The zero-order valence-corrected chi connectivity index (χ0v) is 14.3. The minimum absolute atomic E-state index is 0.0685. The Morgan fingerprint density at radius 1 is 1.27 bits per heavy atom. The average molecular weight is 383 g/mol. The van der Waals surface area contributed by atoms with Crippen molar-refractivity contribution < 1.29 is 4.79 Å². The van der Waals surface area contributed by atoms with Crippen molar-refractivity contribution in [3.05, 3.63) is 58.3 Å². The SMILES string of the molecule is O=C(NCCCl)N1CCn2cccc2[C@H]1c1ccc(Br)cc1. The number of hydrogen-bond donors (Lipinski definition) is 1. The van der Waals surface area contributed by atoms with E-state index in [0.717, 1.165) is 22.3 Å². The van der Waals surface area contributed by atoms with Crippen LogP contribution in [0, 0.1) is 0 Å². The Morgan fingerprint density at radius 3 is 2.77 bits per heavy atom. The van der Waals surface area contributed by atoms with E-state index in [-0.39, 0.29) is 12.1 Å². The summed E-state index contributed by atoms with van der Waals surface area (Å²) in [5.41, 5.74) is 2.23. The fourth-order valence-corrected chi connectivity index (χ4v) is 3.21. The van der Waals surface area contributed by atoms with E-state index in [2.05, 4.69) is 50.2 Å². The van der Waals surface area contributed by atoms with Gasteiger partial charge in [-0.15, -0.1) is 11.6 Å². The lowest BCUT2D eigenvalue weighted by Crippen LogP contribution is -2.47.